The fourth-order valence-corrected chi connectivity index (χ4v) is 1.67. The highest BCUT2D eigenvalue weighted by Crippen LogP contribution is 2.30. The third kappa shape index (κ3) is 2.63. The summed E-state index contributed by atoms with van der Waals surface area (Å²) in [4.78, 5) is 3.88. The van der Waals surface area contributed by atoms with E-state index in [0.717, 1.165) is 31.6 Å². The number of hydrogen-bond acceptors (Lipinski definition) is 3. The van der Waals surface area contributed by atoms with Crippen LogP contribution in [-0.2, 0) is 6.18 Å². The first-order valence-corrected chi connectivity index (χ1v) is 5.06. The van der Waals surface area contributed by atoms with Crippen LogP contribution in [0.4, 0.5) is 19.0 Å². The number of aromatic nitrogens is 1. The lowest BCUT2D eigenvalue weighted by atomic mass is 10.2. The zero-order valence-corrected chi connectivity index (χ0v) is 8.51. The summed E-state index contributed by atoms with van der Waals surface area (Å²) in [6.45, 7) is 1.65. The minimum atomic E-state index is -4.31. The van der Waals surface area contributed by atoms with Crippen LogP contribution in [0.5, 0.6) is 0 Å². The van der Waals surface area contributed by atoms with Crippen LogP contribution in [0, 0.1) is 0 Å². The molecule has 0 aliphatic carbocycles. The van der Waals surface area contributed by atoms with Gasteiger partial charge in [0, 0.05) is 18.8 Å². The maximum Gasteiger partial charge on any atom is 0.416 e. The second kappa shape index (κ2) is 4.29. The van der Waals surface area contributed by atoms with E-state index in [9.17, 15) is 13.2 Å². The molecule has 3 nitrogen and oxygen atoms in total. The molecule has 2 rings (SSSR count). The van der Waals surface area contributed by atoms with E-state index in [0.29, 0.717) is 0 Å². The molecule has 2 N–H and O–H groups in total. The molecule has 1 aromatic heterocycles. The molecular weight excluding hydrogens is 219 g/mol. The van der Waals surface area contributed by atoms with Crippen molar-refractivity contribution in [3.63, 3.8) is 0 Å². The third-order valence-corrected chi connectivity index (χ3v) is 2.50. The Hall–Kier alpha value is -1.30. The molecule has 0 radical (unpaired) electrons. The minimum absolute atomic E-state index is 0.163. The number of nitrogens with one attached hydrogen (secondary N) is 2. The average Bonchev–Trinajstić information content (AvgIpc) is 2.70. The van der Waals surface area contributed by atoms with Crippen LogP contribution in [-0.4, -0.2) is 24.1 Å². The van der Waals surface area contributed by atoms with Crippen molar-refractivity contribution >= 4 is 5.82 Å². The lowest BCUT2D eigenvalue weighted by Gasteiger charge is -2.13. The van der Waals surface area contributed by atoms with E-state index in [1.165, 1.54) is 6.20 Å². The summed E-state index contributed by atoms with van der Waals surface area (Å²) in [5.41, 5.74) is -0.670. The van der Waals surface area contributed by atoms with Crippen molar-refractivity contribution in [1.82, 2.24) is 10.3 Å². The number of anilines is 1. The van der Waals surface area contributed by atoms with Gasteiger partial charge >= 0.3 is 6.18 Å². The van der Waals surface area contributed by atoms with Gasteiger partial charge in [-0.1, -0.05) is 0 Å². The van der Waals surface area contributed by atoms with Crippen molar-refractivity contribution in [2.24, 2.45) is 0 Å². The Kier molecular flexibility index (Phi) is 3.00. The number of alkyl halides is 3. The Morgan fingerprint density at radius 3 is 2.88 bits per heavy atom. The number of halogens is 3. The van der Waals surface area contributed by atoms with Crippen LogP contribution in [0.2, 0.25) is 0 Å². The summed E-state index contributed by atoms with van der Waals surface area (Å²) in [5, 5.41) is 6.10. The normalized spacial score (nSPS) is 21.1. The quantitative estimate of drug-likeness (QED) is 0.816. The monoisotopic (exact) mass is 231 g/mol. The molecule has 1 atom stereocenters. The predicted molar refractivity (Wildman–Crippen MR) is 54.1 cm³/mol. The van der Waals surface area contributed by atoms with Gasteiger partial charge < -0.3 is 10.6 Å². The van der Waals surface area contributed by atoms with Crippen molar-refractivity contribution in [3.05, 3.63) is 23.9 Å². The first kappa shape index (κ1) is 11.2. The molecule has 1 saturated heterocycles. The molecule has 1 aliphatic rings. The Balaban J connectivity index is 2.09. The van der Waals surface area contributed by atoms with E-state index in [1.807, 2.05) is 0 Å². The molecule has 0 spiro atoms. The molecule has 0 saturated carbocycles. The molecule has 1 aliphatic heterocycles. The van der Waals surface area contributed by atoms with Gasteiger partial charge in [-0.25, -0.2) is 4.98 Å². The Morgan fingerprint density at radius 2 is 2.25 bits per heavy atom. The molecule has 6 heteroatoms. The Labute approximate surface area is 91.1 Å². The van der Waals surface area contributed by atoms with Crippen molar-refractivity contribution in [3.8, 4) is 0 Å². The summed E-state index contributed by atoms with van der Waals surface area (Å²) in [6.07, 6.45) is -2.24. The fraction of sp³-hybridized carbons (Fsp3) is 0.500. The van der Waals surface area contributed by atoms with Gasteiger partial charge in [0.05, 0.1) is 5.56 Å². The van der Waals surface area contributed by atoms with Gasteiger partial charge in [-0.05, 0) is 25.1 Å². The molecule has 0 amide bonds. The van der Waals surface area contributed by atoms with Crippen molar-refractivity contribution in [2.75, 3.05) is 18.4 Å². The Morgan fingerprint density at radius 1 is 1.44 bits per heavy atom. The smallest absolute Gasteiger partial charge is 0.366 e. The van der Waals surface area contributed by atoms with Crippen molar-refractivity contribution in [2.45, 2.75) is 18.6 Å². The maximum absolute atomic E-state index is 12.4. The van der Waals surface area contributed by atoms with Gasteiger partial charge in [-0.3, -0.25) is 0 Å². The lowest BCUT2D eigenvalue weighted by molar-refractivity contribution is -0.137. The highest BCUT2D eigenvalue weighted by atomic mass is 19.4. The molecule has 1 unspecified atom stereocenters. The van der Waals surface area contributed by atoms with Gasteiger partial charge in [-0.2, -0.15) is 13.2 Å². The first-order chi connectivity index (χ1) is 7.55. The minimum Gasteiger partial charge on any atom is -0.366 e. The van der Waals surface area contributed by atoms with Crippen LogP contribution < -0.4 is 10.6 Å². The summed E-state index contributed by atoms with van der Waals surface area (Å²) in [5.74, 6) is 0.281. The molecular formula is C10H12F3N3. The molecule has 0 bridgehead atoms. The highest BCUT2D eigenvalue weighted by Gasteiger charge is 2.30. The fourth-order valence-electron chi connectivity index (χ4n) is 1.67. The van der Waals surface area contributed by atoms with E-state index in [1.54, 1.807) is 0 Å². The molecule has 1 fully saturated rings. The SMILES string of the molecule is FC(F)(F)c1ccnc(NC2CCNC2)c1. The van der Waals surface area contributed by atoms with Crippen molar-refractivity contribution in [1.29, 1.82) is 0 Å². The maximum atomic E-state index is 12.4. The number of nitrogens with zero attached hydrogens (tertiary/aromatic N) is 1. The summed E-state index contributed by atoms with van der Waals surface area (Å²) < 4.78 is 37.2. The van der Waals surface area contributed by atoms with E-state index in [4.69, 9.17) is 0 Å². The van der Waals surface area contributed by atoms with E-state index >= 15 is 0 Å². The zero-order chi connectivity index (χ0) is 11.6. The summed E-state index contributed by atoms with van der Waals surface area (Å²) in [6, 6.07) is 2.17. The van der Waals surface area contributed by atoms with E-state index in [-0.39, 0.29) is 11.9 Å². The molecule has 16 heavy (non-hydrogen) atoms. The largest absolute Gasteiger partial charge is 0.416 e. The lowest BCUT2D eigenvalue weighted by Crippen LogP contribution is -2.23. The van der Waals surface area contributed by atoms with Crippen LogP contribution in [0.3, 0.4) is 0 Å². The molecule has 1 aromatic rings. The number of hydrogen-bond donors (Lipinski definition) is 2. The van der Waals surface area contributed by atoms with Crippen LogP contribution in [0.1, 0.15) is 12.0 Å². The second-order valence-corrected chi connectivity index (χ2v) is 3.76. The standard InChI is InChI=1S/C10H12F3N3/c11-10(12,13)7-1-4-15-9(5-7)16-8-2-3-14-6-8/h1,4-5,8,14H,2-3,6H2,(H,15,16). The second-order valence-electron chi connectivity index (χ2n) is 3.76. The van der Waals surface area contributed by atoms with Gasteiger partial charge in [0.2, 0.25) is 0 Å². The number of pyridine rings is 1. The van der Waals surface area contributed by atoms with Gasteiger partial charge in [0.15, 0.2) is 0 Å². The van der Waals surface area contributed by atoms with Gasteiger partial charge in [-0.15, -0.1) is 0 Å². The summed E-state index contributed by atoms with van der Waals surface area (Å²) in [7, 11) is 0. The predicted octanol–water partition coefficient (Wildman–Crippen LogP) is 1.87. The number of rotatable bonds is 2. The molecule has 88 valence electrons. The topological polar surface area (TPSA) is 37.0 Å². The van der Waals surface area contributed by atoms with E-state index in [2.05, 4.69) is 15.6 Å². The van der Waals surface area contributed by atoms with Gasteiger partial charge in [0.25, 0.3) is 0 Å². The average molecular weight is 231 g/mol. The van der Waals surface area contributed by atoms with Crippen LogP contribution in [0.25, 0.3) is 0 Å². The van der Waals surface area contributed by atoms with Crippen LogP contribution in [0.15, 0.2) is 18.3 Å². The van der Waals surface area contributed by atoms with Crippen molar-refractivity contribution < 1.29 is 13.2 Å². The van der Waals surface area contributed by atoms with E-state index < -0.39 is 11.7 Å². The molecule has 2 heterocycles. The zero-order valence-electron chi connectivity index (χ0n) is 8.51. The van der Waals surface area contributed by atoms with Crippen LogP contribution >= 0.6 is 0 Å². The Bertz CT molecular complexity index is 359. The van der Waals surface area contributed by atoms with Gasteiger partial charge in [0.1, 0.15) is 5.82 Å². The third-order valence-electron chi connectivity index (χ3n) is 2.50. The molecule has 0 aromatic carbocycles. The first-order valence-electron chi connectivity index (χ1n) is 5.06. The summed E-state index contributed by atoms with van der Waals surface area (Å²) >= 11 is 0. The highest BCUT2D eigenvalue weighted by molar-refractivity contribution is 5.39.